The van der Waals surface area contributed by atoms with E-state index in [0.717, 1.165) is 25.5 Å². The standard InChI is InChI=1S/C36H40BrN3O5S/c1-5-27(3)38-36(42)34(22-28-10-7-6-8-11-28)39(24-29-16-18-30(37)19-17-29)35(41)25-40(31-12-9-13-32(23-31)45-4)46(43,44)33-20-14-26(2)15-21-33/h6-21,23,27,34H,5,22,24-25H2,1-4H3,(H,38,42)/t27-,34-/m1/s1. The van der Waals surface area contributed by atoms with E-state index >= 15 is 0 Å². The van der Waals surface area contributed by atoms with Gasteiger partial charge in [-0.1, -0.05) is 89.1 Å². The van der Waals surface area contributed by atoms with Crippen LogP contribution in [-0.2, 0) is 32.6 Å². The molecule has 0 saturated heterocycles. The highest BCUT2D eigenvalue weighted by atomic mass is 79.9. The van der Waals surface area contributed by atoms with Crippen molar-refractivity contribution in [2.45, 2.75) is 57.1 Å². The molecular formula is C36H40BrN3O5S. The van der Waals surface area contributed by atoms with Crippen LogP contribution in [-0.4, -0.2) is 50.9 Å². The molecule has 0 aliphatic carbocycles. The predicted octanol–water partition coefficient (Wildman–Crippen LogP) is 6.52. The van der Waals surface area contributed by atoms with Crippen LogP contribution in [0.2, 0.25) is 0 Å². The number of carbonyl (C=O) groups excluding carboxylic acids is 2. The first-order valence-electron chi connectivity index (χ1n) is 15.1. The van der Waals surface area contributed by atoms with E-state index in [-0.39, 0.29) is 35.5 Å². The summed E-state index contributed by atoms with van der Waals surface area (Å²) in [5, 5.41) is 3.05. The van der Waals surface area contributed by atoms with Gasteiger partial charge in [0.25, 0.3) is 10.0 Å². The number of halogens is 1. The second-order valence-electron chi connectivity index (χ2n) is 11.2. The maximum absolute atomic E-state index is 14.6. The summed E-state index contributed by atoms with van der Waals surface area (Å²) in [4.78, 5) is 30.0. The molecule has 0 fully saturated rings. The van der Waals surface area contributed by atoms with E-state index in [1.165, 1.54) is 24.1 Å². The number of carbonyl (C=O) groups is 2. The Morgan fingerprint density at radius 1 is 0.891 bits per heavy atom. The summed E-state index contributed by atoms with van der Waals surface area (Å²) in [7, 11) is -2.71. The van der Waals surface area contributed by atoms with Crippen LogP contribution in [0.4, 0.5) is 5.69 Å². The first-order chi connectivity index (χ1) is 22.0. The fourth-order valence-electron chi connectivity index (χ4n) is 4.91. The summed E-state index contributed by atoms with van der Waals surface area (Å²) < 4.78 is 35.8. The van der Waals surface area contributed by atoms with Crippen LogP contribution < -0.4 is 14.4 Å². The molecule has 0 aliphatic heterocycles. The lowest BCUT2D eigenvalue weighted by Crippen LogP contribution is -2.54. The SMILES string of the molecule is CC[C@@H](C)NC(=O)[C@@H](Cc1ccccc1)N(Cc1ccc(Br)cc1)C(=O)CN(c1cccc(OC)c1)S(=O)(=O)c1ccc(C)cc1. The van der Waals surface area contributed by atoms with Gasteiger partial charge in [-0.3, -0.25) is 13.9 Å². The van der Waals surface area contributed by atoms with E-state index in [1.807, 2.05) is 75.4 Å². The zero-order valence-corrected chi connectivity index (χ0v) is 28.9. The minimum Gasteiger partial charge on any atom is -0.497 e. The van der Waals surface area contributed by atoms with Crippen molar-refractivity contribution < 1.29 is 22.7 Å². The molecule has 8 nitrogen and oxygen atoms in total. The number of hydrogen-bond acceptors (Lipinski definition) is 5. The molecule has 242 valence electrons. The van der Waals surface area contributed by atoms with Gasteiger partial charge in [0.1, 0.15) is 18.3 Å². The Morgan fingerprint density at radius 3 is 2.20 bits per heavy atom. The highest BCUT2D eigenvalue weighted by molar-refractivity contribution is 9.10. The van der Waals surface area contributed by atoms with Crippen molar-refractivity contribution in [3.8, 4) is 5.75 Å². The van der Waals surface area contributed by atoms with Gasteiger partial charge < -0.3 is 15.0 Å². The first kappa shape index (κ1) is 34.7. The molecule has 46 heavy (non-hydrogen) atoms. The monoisotopic (exact) mass is 705 g/mol. The Kier molecular flexibility index (Phi) is 12.0. The zero-order chi connectivity index (χ0) is 33.3. The average molecular weight is 707 g/mol. The van der Waals surface area contributed by atoms with E-state index in [2.05, 4.69) is 21.2 Å². The molecule has 0 heterocycles. The molecule has 0 spiro atoms. The third kappa shape index (κ3) is 8.98. The van der Waals surface area contributed by atoms with E-state index in [9.17, 15) is 18.0 Å². The lowest BCUT2D eigenvalue weighted by molar-refractivity contribution is -0.140. The number of nitrogens with one attached hydrogen (secondary N) is 1. The summed E-state index contributed by atoms with van der Waals surface area (Å²) in [6, 6.07) is 29.0. The maximum Gasteiger partial charge on any atom is 0.264 e. The minimum absolute atomic E-state index is 0.0449. The second-order valence-corrected chi connectivity index (χ2v) is 14.0. The first-order valence-corrected chi connectivity index (χ1v) is 17.4. The third-order valence-electron chi connectivity index (χ3n) is 7.77. The summed E-state index contributed by atoms with van der Waals surface area (Å²) in [6.07, 6.45) is 0.956. The van der Waals surface area contributed by atoms with Crippen LogP contribution in [0.25, 0.3) is 0 Å². The molecule has 10 heteroatoms. The molecule has 4 aromatic rings. The van der Waals surface area contributed by atoms with Crippen molar-refractivity contribution >= 4 is 43.5 Å². The van der Waals surface area contributed by atoms with Crippen molar-refractivity contribution in [1.82, 2.24) is 10.2 Å². The van der Waals surface area contributed by atoms with Crippen molar-refractivity contribution in [3.63, 3.8) is 0 Å². The molecular weight excluding hydrogens is 666 g/mol. The molecule has 0 aliphatic rings. The molecule has 4 rings (SSSR count). The van der Waals surface area contributed by atoms with Crippen molar-refractivity contribution in [2.24, 2.45) is 0 Å². The van der Waals surface area contributed by atoms with Crippen LogP contribution in [0.5, 0.6) is 5.75 Å². The van der Waals surface area contributed by atoms with E-state index in [0.29, 0.717) is 12.2 Å². The molecule has 0 radical (unpaired) electrons. The number of anilines is 1. The van der Waals surface area contributed by atoms with Gasteiger partial charge in [0, 0.05) is 29.5 Å². The van der Waals surface area contributed by atoms with E-state index in [1.54, 1.807) is 36.4 Å². The van der Waals surface area contributed by atoms with E-state index in [4.69, 9.17) is 4.74 Å². The topological polar surface area (TPSA) is 96.0 Å². The normalized spacial score (nSPS) is 12.5. The maximum atomic E-state index is 14.6. The Balaban J connectivity index is 1.82. The quantitative estimate of drug-likeness (QED) is 0.161. The van der Waals surface area contributed by atoms with Gasteiger partial charge in [0.2, 0.25) is 11.8 Å². The summed E-state index contributed by atoms with van der Waals surface area (Å²) in [6.45, 7) is 5.31. The Hall–Kier alpha value is -4.15. The number of aryl methyl sites for hydroxylation is 1. The summed E-state index contributed by atoms with van der Waals surface area (Å²) in [5.74, 6) is -0.393. The molecule has 0 bridgehead atoms. The van der Waals surface area contributed by atoms with Crippen molar-refractivity contribution in [3.05, 3.63) is 124 Å². The fraction of sp³-hybridized carbons (Fsp3) is 0.278. The van der Waals surface area contributed by atoms with Gasteiger partial charge in [-0.05, 0) is 67.8 Å². The van der Waals surface area contributed by atoms with Crippen molar-refractivity contribution in [2.75, 3.05) is 18.0 Å². The average Bonchev–Trinajstić information content (AvgIpc) is 3.06. The molecule has 0 unspecified atom stereocenters. The molecule has 1 N–H and O–H groups in total. The summed E-state index contributed by atoms with van der Waals surface area (Å²) >= 11 is 3.46. The number of benzene rings is 4. The molecule has 0 saturated carbocycles. The lowest BCUT2D eigenvalue weighted by Gasteiger charge is -2.34. The summed E-state index contributed by atoms with van der Waals surface area (Å²) in [5.41, 5.74) is 2.83. The van der Waals surface area contributed by atoms with Crippen LogP contribution in [0, 0.1) is 6.92 Å². The molecule has 2 amide bonds. The Bertz CT molecular complexity index is 1720. The molecule has 4 aromatic carbocycles. The molecule has 2 atom stereocenters. The second kappa shape index (κ2) is 15.9. The third-order valence-corrected chi connectivity index (χ3v) is 10.1. The Morgan fingerprint density at radius 2 is 1.57 bits per heavy atom. The predicted molar refractivity (Wildman–Crippen MR) is 185 cm³/mol. The number of sulfonamides is 1. The number of amides is 2. The van der Waals surface area contributed by atoms with Gasteiger partial charge in [-0.25, -0.2) is 8.42 Å². The Labute approximate surface area is 280 Å². The van der Waals surface area contributed by atoms with Crippen LogP contribution in [0.15, 0.2) is 112 Å². The van der Waals surface area contributed by atoms with Crippen LogP contribution >= 0.6 is 15.9 Å². The highest BCUT2D eigenvalue weighted by Crippen LogP contribution is 2.28. The van der Waals surface area contributed by atoms with Gasteiger partial charge in [0.05, 0.1) is 17.7 Å². The van der Waals surface area contributed by atoms with Gasteiger partial charge in [0.15, 0.2) is 0 Å². The fourth-order valence-corrected chi connectivity index (χ4v) is 6.58. The largest absolute Gasteiger partial charge is 0.497 e. The number of hydrogen-bond donors (Lipinski definition) is 1. The zero-order valence-electron chi connectivity index (χ0n) is 26.5. The van der Waals surface area contributed by atoms with Gasteiger partial charge in [-0.2, -0.15) is 0 Å². The highest BCUT2D eigenvalue weighted by Gasteiger charge is 2.35. The minimum atomic E-state index is -4.21. The lowest BCUT2D eigenvalue weighted by atomic mass is 10.0. The van der Waals surface area contributed by atoms with E-state index < -0.39 is 28.5 Å². The van der Waals surface area contributed by atoms with Crippen LogP contribution in [0.3, 0.4) is 0 Å². The number of rotatable bonds is 14. The number of methoxy groups -OCH3 is 1. The molecule has 0 aromatic heterocycles. The van der Waals surface area contributed by atoms with Gasteiger partial charge in [-0.15, -0.1) is 0 Å². The smallest absolute Gasteiger partial charge is 0.264 e. The number of nitrogens with zero attached hydrogens (tertiary/aromatic N) is 2. The van der Waals surface area contributed by atoms with Crippen LogP contribution in [0.1, 0.15) is 37.0 Å². The number of ether oxygens (including phenoxy) is 1. The van der Waals surface area contributed by atoms with Gasteiger partial charge >= 0.3 is 0 Å². The van der Waals surface area contributed by atoms with Crippen molar-refractivity contribution in [1.29, 1.82) is 0 Å².